The Hall–Kier alpha value is -0.610. The number of nitrogens with zero attached hydrogens (tertiary/aromatic N) is 1. The molecule has 1 aliphatic rings. The zero-order chi connectivity index (χ0) is 13.0. The molecule has 0 amide bonds. The Balaban J connectivity index is 2.51. The van der Waals surface area contributed by atoms with Gasteiger partial charge in [-0.25, -0.2) is 0 Å². The smallest absolute Gasteiger partial charge is 0.303 e. The van der Waals surface area contributed by atoms with Gasteiger partial charge in [0.15, 0.2) is 0 Å². The minimum absolute atomic E-state index is 0.162. The van der Waals surface area contributed by atoms with E-state index in [1.54, 1.807) is 0 Å². The molecular weight excluding hydrogens is 218 g/mol. The van der Waals surface area contributed by atoms with Gasteiger partial charge in [0.05, 0.1) is 6.10 Å². The topological polar surface area (TPSA) is 60.8 Å². The number of hydrogen-bond acceptors (Lipinski definition) is 3. The Bertz CT molecular complexity index is 255. The Morgan fingerprint density at radius 1 is 1.41 bits per heavy atom. The first-order valence-corrected chi connectivity index (χ1v) is 6.55. The number of carboxylic acid groups (broad SMARTS) is 1. The first-order valence-electron chi connectivity index (χ1n) is 6.55. The first-order chi connectivity index (χ1) is 7.91. The Labute approximate surface area is 104 Å². The molecule has 4 heteroatoms. The van der Waals surface area contributed by atoms with Gasteiger partial charge in [-0.3, -0.25) is 9.69 Å². The van der Waals surface area contributed by atoms with Gasteiger partial charge in [0.1, 0.15) is 0 Å². The summed E-state index contributed by atoms with van der Waals surface area (Å²) in [5.41, 5.74) is 0. The lowest BCUT2D eigenvalue weighted by Gasteiger charge is -2.39. The van der Waals surface area contributed by atoms with Gasteiger partial charge in [0.25, 0.3) is 0 Å². The van der Waals surface area contributed by atoms with Crippen LogP contribution in [0.25, 0.3) is 0 Å². The molecule has 0 aromatic heterocycles. The predicted molar refractivity (Wildman–Crippen MR) is 66.9 cm³/mol. The molecule has 17 heavy (non-hydrogen) atoms. The van der Waals surface area contributed by atoms with Crippen LogP contribution in [-0.4, -0.2) is 46.3 Å². The van der Waals surface area contributed by atoms with Crippen molar-refractivity contribution >= 4 is 5.97 Å². The highest BCUT2D eigenvalue weighted by Crippen LogP contribution is 2.27. The third-order valence-electron chi connectivity index (χ3n) is 4.06. The van der Waals surface area contributed by atoms with E-state index < -0.39 is 5.97 Å². The molecule has 0 radical (unpaired) electrons. The Morgan fingerprint density at radius 3 is 2.59 bits per heavy atom. The quantitative estimate of drug-likeness (QED) is 0.769. The fraction of sp³-hybridized carbons (Fsp3) is 0.923. The van der Waals surface area contributed by atoms with Gasteiger partial charge in [-0.2, -0.15) is 0 Å². The Kier molecular flexibility index (Phi) is 5.40. The van der Waals surface area contributed by atoms with Gasteiger partial charge in [0.2, 0.25) is 0 Å². The zero-order valence-electron chi connectivity index (χ0n) is 11.1. The van der Waals surface area contributed by atoms with Crippen LogP contribution < -0.4 is 0 Å². The first kappa shape index (κ1) is 14.5. The van der Waals surface area contributed by atoms with E-state index in [1.807, 2.05) is 20.8 Å². The summed E-state index contributed by atoms with van der Waals surface area (Å²) in [6.07, 6.45) is 2.13. The minimum atomic E-state index is -0.710. The lowest BCUT2D eigenvalue weighted by atomic mass is 9.84. The SMILES string of the molecule is CC(O)C(C)N1CCCC(C(C)CC(=O)O)C1. The molecule has 4 atom stereocenters. The summed E-state index contributed by atoms with van der Waals surface area (Å²) in [7, 11) is 0. The molecule has 4 nitrogen and oxygen atoms in total. The maximum Gasteiger partial charge on any atom is 0.303 e. The van der Waals surface area contributed by atoms with E-state index in [-0.39, 0.29) is 24.5 Å². The number of hydrogen-bond donors (Lipinski definition) is 2. The number of aliphatic carboxylic acids is 1. The second-order valence-electron chi connectivity index (χ2n) is 5.45. The monoisotopic (exact) mass is 243 g/mol. The predicted octanol–water partition coefficient (Wildman–Crippen LogP) is 1.58. The van der Waals surface area contributed by atoms with Gasteiger partial charge in [0, 0.05) is 19.0 Å². The van der Waals surface area contributed by atoms with Crippen molar-refractivity contribution in [1.82, 2.24) is 4.90 Å². The summed E-state index contributed by atoms with van der Waals surface area (Å²) in [4.78, 5) is 13.0. The van der Waals surface area contributed by atoms with Crippen LogP contribution in [0.1, 0.15) is 40.0 Å². The number of carboxylic acids is 1. The highest BCUT2D eigenvalue weighted by Gasteiger charge is 2.29. The zero-order valence-corrected chi connectivity index (χ0v) is 11.1. The molecule has 1 aliphatic heterocycles. The average Bonchev–Trinajstić information content (AvgIpc) is 2.27. The highest BCUT2D eigenvalue weighted by molar-refractivity contribution is 5.67. The van der Waals surface area contributed by atoms with Crippen LogP contribution >= 0.6 is 0 Å². The number of rotatable bonds is 5. The highest BCUT2D eigenvalue weighted by atomic mass is 16.4. The third kappa shape index (κ3) is 4.28. The van der Waals surface area contributed by atoms with Crippen molar-refractivity contribution in [3.63, 3.8) is 0 Å². The fourth-order valence-corrected chi connectivity index (χ4v) is 2.62. The average molecular weight is 243 g/mol. The third-order valence-corrected chi connectivity index (χ3v) is 4.06. The van der Waals surface area contributed by atoms with E-state index in [2.05, 4.69) is 4.90 Å². The van der Waals surface area contributed by atoms with Crippen molar-refractivity contribution in [3.05, 3.63) is 0 Å². The summed E-state index contributed by atoms with van der Waals surface area (Å²) in [5, 5.41) is 18.4. The summed E-state index contributed by atoms with van der Waals surface area (Å²) in [5.74, 6) is -0.0456. The summed E-state index contributed by atoms with van der Waals surface area (Å²) in [6, 6.07) is 0.162. The van der Waals surface area contributed by atoms with Crippen molar-refractivity contribution < 1.29 is 15.0 Å². The molecule has 100 valence electrons. The van der Waals surface area contributed by atoms with Crippen molar-refractivity contribution in [2.45, 2.75) is 52.2 Å². The van der Waals surface area contributed by atoms with E-state index >= 15 is 0 Å². The molecule has 2 N–H and O–H groups in total. The molecule has 0 aromatic rings. The van der Waals surface area contributed by atoms with Crippen molar-refractivity contribution in [3.8, 4) is 0 Å². The summed E-state index contributed by atoms with van der Waals surface area (Å²) < 4.78 is 0. The van der Waals surface area contributed by atoms with Gasteiger partial charge in [-0.15, -0.1) is 0 Å². The lowest BCUT2D eigenvalue weighted by molar-refractivity contribution is -0.138. The molecule has 1 heterocycles. The maximum atomic E-state index is 10.7. The van der Waals surface area contributed by atoms with Crippen LogP contribution in [0.3, 0.4) is 0 Å². The molecule has 4 unspecified atom stereocenters. The number of aliphatic hydroxyl groups excluding tert-OH is 1. The van der Waals surface area contributed by atoms with E-state index in [4.69, 9.17) is 5.11 Å². The fourth-order valence-electron chi connectivity index (χ4n) is 2.62. The van der Waals surface area contributed by atoms with E-state index in [1.165, 1.54) is 0 Å². The number of likely N-dealkylation sites (tertiary alicyclic amines) is 1. The second kappa shape index (κ2) is 6.36. The number of carbonyl (C=O) groups is 1. The van der Waals surface area contributed by atoms with E-state index in [0.29, 0.717) is 5.92 Å². The molecule has 0 bridgehead atoms. The normalized spacial score (nSPS) is 27.4. The van der Waals surface area contributed by atoms with Crippen LogP contribution in [0, 0.1) is 11.8 Å². The number of piperidine rings is 1. The van der Waals surface area contributed by atoms with Crippen LogP contribution in [0.2, 0.25) is 0 Å². The van der Waals surface area contributed by atoms with Crippen molar-refractivity contribution in [2.75, 3.05) is 13.1 Å². The van der Waals surface area contributed by atoms with Crippen molar-refractivity contribution in [2.24, 2.45) is 11.8 Å². The van der Waals surface area contributed by atoms with Crippen LogP contribution in [0.4, 0.5) is 0 Å². The molecule has 1 fully saturated rings. The van der Waals surface area contributed by atoms with E-state index in [9.17, 15) is 9.90 Å². The van der Waals surface area contributed by atoms with E-state index in [0.717, 1.165) is 25.9 Å². The molecule has 1 rings (SSSR count). The standard InChI is InChI=1S/C13H25NO3/c1-9(7-13(16)17)12-5-4-6-14(8-12)10(2)11(3)15/h9-12,15H,4-8H2,1-3H3,(H,16,17). The molecule has 0 aliphatic carbocycles. The lowest BCUT2D eigenvalue weighted by Crippen LogP contribution is -2.47. The van der Waals surface area contributed by atoms with Crippen LogP contribution in [0.15, 0.2) is 0 Å². The molecule has 0 aromatic carbocycles. The van der Waals surface area contributed by atoms with Gasteiger partial charge in [-0.1, -0.05) is 6.92 Å². The number of aliphatic hydroxyl groups is 1. The van der Waals surface area contributed by atoms with Crippen LogP contribution in [0.5, 0.6) is 0 Å². The Morgan fingerprint density at radius 2 is 2.06 bits per heavy atom. The van der Waals surface area contributed by atoms with Crippen LogP contribution in [-0.2, 0) is 4.79 Å². The molecule has 0 spiro atoms. The molecule has 1 saturated heterocycles. The second-order valence-corrected chi connectivity index (χ2v) is 5.45. The van der Waals surface area contributed by atoms with Crippen molar-refractivity contribution in [1.29, 1.82) is 0 Å². The largest absolute Gasteiger partial charge is 0.481 e. The summed E-state index contributed by atoms with van der Waals surface area (Å²) >= 11 is 0. The minimum Gasteiger partial charge on any atom is -0.481 e. The van der Waals surface area contributed by atoms with Gasteiger partial charge >= 0.3 is 5.97 Å². The molecule has 0 saturated carbocycles. The van der Waals surface area contributed by atoms with Gasteiger partial charge < -0.3 is 10.2 Å². The maximum absolute atomic E-state index is 10.7. The van der Waals surface area contributed by atoms with Gasteiger partial charge in [-0.05, 0) is 45.1 Å². The molecular formula is C13H25NO3. The summed E-state index contributed by atoms with van der Waals surface area (Å²) in [6.45, 7) is 7.81.